The average Bonchev–Trinajstić information content (AvgIpc) is 3.12. The summed E-state index contributed by atoms with van der Waals surface area (Å²) in [6.45, 7) is 1.60. The molecule has 2 aromatic heterocycles. The van der Waals surface area contributed by atoms with E-state index in [0.29, 0.717) is 5.95 Å². The lowest BCUT2D eigenvalue weighted by atomic mass is 10.1. The van der Waals surface area contributed by atoms with Crippen LogP contribution in [0.4, 0.5) is 11.6 Å². The number of aryl methyl sites for hydroxylation is 1. The molecule has 124 valence electrons. The van der Waals surface area contributed by atoms with Gasteiger partial charge in [-0.1, -0.05) is 17.3 Å². The van der Waals surface area contributed by atoms with Crippen molar-refractivity contribution < 1.29 is 0 Å². The molecule has 0 amide bonds. The molecule has 0 atom stereocenters. The average molecular weight is 323 g/mol. The van der Waals surface area contributed by atoms with Gasteiger partial charge >= 0.3 is 0 Å². The lowest BCUT2D eigenvalue weighted by Crippen LogP contribution is -2.09. The van der Waals surface area contributed by atoms with Crippen LogP contribution in [0.5, 0.6) is 0 Å². The molecular weight excluding hydrogens is 302 g/mol. The van der Waals surface area contributed by atoms with Crippen molar-refractivity contribution >= 4 is 11.6 Å². The van der Waals surface area contributed by atoms with Crippen molar-refractivity contribution in [1.82, 2.24) is 25.0 Å². The van der Waals surface area contributed by atoms with Gasteiger partial charge in [0, 0.05) is 50.8 Å². The number of hydrogen-bond acceptors (Lipinski definition) is 6. The highest BCUT2D eigenvalue weighted by Crippen LogP contribution is 2.21. The maximum atomic E-state index is 4.58. The fourth-order valence-corrected chi connectivity index (χ4v) is 2.33. The van der Waals surface area contributed by atoms with Crippen LogP contribution in [-0.4, -0.2) is 45.6 Å². The topological polar surface area (TPSA) is 71.8 Å². The van der Waals surface area contributed by atoms with Crippen LogP contribution in [0.15, 0.2) is 48.9 Å². The maximum Gasteiger partial charge on any atom is 0.223 e. The molecule has 0 aliphatic heterocycles. The van der Waals surface area contributed by atoms with Crippen molar-refractivity contribution in [3.05, 3.63) is 48.9 Å². The minimum Gasteiger partial charge on any atom is -0.378 e. The van der Waals surface area contributed by atoms with E-state index in [1.54, 1.807) is 12.4 Å². The van der Waals surface area contributed by atoms with Gasteiger partial charge in [0.2, 0.25) is 5.95 Å². The highest BCUT2D eigenvalue weighted by molar-refractivity contribution is 5.63. The maximum absolute atomic E-state index is 4.58. The van der Waals surface area contributed by atoms with E-state index in [-0.39, 0.29) is 0 Å². The number of nitrogens with zero attached hydrogens (tertiary/aromatic N) is 6. The Kier molecular flexibility index (Phi) is 5.00. The Balaban J connectivity index is 1.59. The van der Waals surface area contributed by atoms with E-state index in [1.807, 2.05) is 31.0 Å². The molecule has 0 bridgehead atoms. The highest BCUT2D eigenvalue weighted by Gasteiger charge is 2.03. The summed E-state index contributed by atoms with van der Waals surface area (Å²) in [7, 11) is 4.06. The summed E-state index contributed by atoms with van der Waals surface area (Å²) in [5.41, 5.74) is 3.15. The van der Waals surface area contributed by atoms with E-state index < -0.39 is 0 Å². The third-order valence-electron chi connectivity index (χ3n) is 3.65. The molecular formula is C17H21N7. The smallest absolute Gasteiger partial charge is 0.223 e. The van der Waals surface area contributed by atoms with Gasteiger partial charge in [-0.25, -0.2) is 9.97 Å². The lowest BCUT2D eigenvalue weighted by molar-refractivity contribution is 0.569. The van der Waals surface area contributed by atoms with Gasteiger partial charge < -0.3 is 10.2 Å². The first-order chi connectivity index (χ1) is 11.7. The first-order valence-electron chi connectivity index (χ1n) is 7.91. The number of anilines is 2. The lowest BCUT2D eigenvalue weighted by Gasteiger charge is -2.12. The van der Waals surface area contributed by atoms with Crippen LogP contribution >= 0.6 is 0 Å². The number of rotatable bonds is 7. The molecule has 2 heterocycles. The third-order valence-corrected chi connectivity index (χ3v) is 3.65. The summed E-state index contributed by atoms with van der Waals surface area (Å²) < 4.78 is 1.81. The number of aromatic nitrogens is 5. The minimum absolute atomic E-state index is 0.641. The van der Waals surface area contributed by atoms with Gasteiger partial charge in [0.1, 0.15) is 0 Å². The van der Waals surface area contributed by atoms with Crippen LogP contribution in [-0.2, 0) is 6.54 Å². The van der Waals surface area contributed by atoms with Crippen molar-refractivity contribution in [2.45, 2.75) is 13.0 Å². The van der Waals surface area contributed by atoms with Crippen molar-refractivity contribution in [2.75, 3.05) is 30.9 Å². The number of nitrogens with one attached hydrogen (secondary N) is 1. The molecule has 0 saturated carbocycles. The second kappa shape index (κ2) is 7.54. The third kappa shape index (κ3) is 4.07. The molecule has 0 spiro atoms. The van der Waals surface area contributed by atoms with Gasteiger partial charge in [-0.05, 0) is 24.6 Å². The van der Waals surface area contributed by atoms with Crippen LogP contribution in [0.1, 0.15) is 6.42 Å². The summed E-state index contributed by atoms with van der Waals surface area (Å²) in [6, 6.07) is 10.2. The van der Waals surface area contributed by atoms with Gasteiger partial charge in [0.05, 0.1) is 11.9 Å². The van der Waals surface area contributed by atoms with E-state index in [2.05, 4.69) is 54.8 Å². The zero-order valence-electron chi connectivity index (χ0n) is 13.9. The van der Waals surface area contributed by atoms with Gasteiger partial charge in [-0.3, -0.25) is 4.68 Å². The molecule has 0 aliphatic rings. The van der Waals surface area contributed by atoms with Crippen LogP contribution in [0.2, 0.25) is 0 Å². The fraction of sp³-hybridized carbons (Fsp3) is 0.294. The monoisotopic (exact) mass is 323 g/mol. The zero-order chi connectivity index (χ0) is 16.8. The predicted octanol–water partition coefficient (Wildman–Crippen LogP) is 2.30. The normalized spacial score (nSPS) is 10.6. The summed E-state index contributed by atoms with van der Waals surface area (Å²) in [4.78, 5) is 10.9. The molecule has 24 heavy (non-hydrogen) atoms. The zero-order valence-corrected chi connectivity index (χ0v) is 13.9. The molecule has 3 rings (SSSR count). The van der Waals surface area contributed by atoms with Crippen molar-refractivity contribution in [3.8, 4) is 11.3 Å². The predicted molar refractivity (Wildman–Crippen MR) is 94.9 cm³/mol. The van der Waals surface area contributed by atoms with Gasteiger partial charge in [-0.2, -0.15) is 0 Å². The molecule has 0 unspecified atom stereocenters. The van der Waals surface area contributed by atoms with Crippen molar-refractivity contribution in [3.63, 3.8) is 0 Å². The SMILES string of the molecule is CN(C)c1ccc(-c2ccnc(NCCCn3ccnn3)n2)cc1. The van der Waals surface area contributed by atoms with E-state index in [4.69, 9.17) is 0 Å². The van der Waals surface area contributed by atoms with Crippen molar-refractivity contribution in [1.29, 1.82) is 0 Å². The number of benzene rings is 1. The Bertz CT molecular complexity index is 751. The first kappa shape index (κ1) is 15.9. The van der Waals surface area contributed by atoms with Crippen LogP contribution in [0.3, 0.4) is 0 Å². The molecule has 7 heteroatoms. The van der Waals surface area contributed by atoms with Gasteiger partial charge in [-0.15, -0.1) is 5.10 Å². The molecule has 1 N–H and O–H groups in total. The summed E-state index contributed by atoms with van der Waals surface area (Å²) in [5.74, 6) is 0.641. The van der Waals surface area contributed by atoms with E-state index >= 15 is 0 Å². The molecule has 3 aromatic rings. The first-order valence-corrected chi connectivity index (χ1v) is 7.91. The molecule has 0 fully saturated rings. The van der Waals surface area contributed by atoms with Crippen molar-refractivity contribution in [2.24, 2.45) is 0 Å². The van der Waals surface area contributed by atoms with E-state index in [0.717, 1.165) is 30.8 Å². The quantitative estimate of drug-likeness (QED) is 0.673. The fourth-order valence-electron chi connectivity index (χ4n) is 2.33. The van der Waals surface area contributed by atoms with Crippen LogP contribution < -0.4 is 10.2 Å². The standard InChI is InChI=1S/C17H21N7/c1-23(2)15-6-4-14(5-7-15)16-8-10-19-17(21-16)18-9-3-12-24-13-11-20-22-24/h4-8,10-11,13H,3,9,12H2,1-2H3,(H,18,19,21). The van der Waals surface area contributed by atoms with Gasteiger partial charge in [0.25, 0.3) is 0 Å². The molecule has 0 aliphatic carbocycles. The molecule has 1 aromatic carbocycles. The Morgan fingerprint density at radius 1 is 1.08 bits per heavy atom. The summed E-state index contributed by atoms with van der Waals surface area (Å²) >= 11 is 0. The molecule has 0 saturated heterocycles. The Hall–Kier alpha value is -2.96. The van der Waals surface area contributed by atoms with Crippen LogP contribution in [0.25, 0.3) is 11.3 Å². The second-order valence-corrected chi connectivity index (χ2v) is 5.65. The largest absolute Gasteiger partial charge is 0.378 e. The van der Waals surface area contributed by atoms with E-state index in [9.17, 15) is 0 Å². The summed E-state index contributed by atoms with van der Waals surface area (Å²) in [6.07, 6.45) is 6.24. The minimum atomic E-state index is 0.641. The van der Waals surface area contributed by atoms with Crippen LogP contribution in [0, 0.1) is 0 Å². The highest BCUT2D eigenvalue weighted by atomic mass is 15.4. The Morgan fingerprint density at radius 3 is 2.62 bits per heavy atom. The Labute approximate surface area is 141 Å². The number of hydrogen-bond donors (Lipinski definition) is 1. The summed E-state index contributed by atoms with van der Waals surface area (Å²) in [5, 5.41) is 11.0. The van der Waals surface area contributed by atoms with E-state index in [1.165, 1.54) is 5.69 Å². The molecule has 7 nitrogen and oxygen atoms in total. The second-order valence-electron chi connectivity index (χ2n) is 5.65. The van der Waals surface area contributed by atoms with Gasteiger partial charge in [0.15, 0.2) is 0 Å². The Morgan fingerprint density at radius 2 is 1.92 bits per heavy atom. The molecule has 0 radical (unpaired) electrons.